The average Bonchev–Trinajstić information content (AvgIpc) is 3.05. The number of carbonyl (C=O) groups excluding carboxylic acids is 1. The van der Waals surface area contributed by atoms with Crippen molar-refractivity contribution in [1.82, 2.24) is 29.9 Å². The minimum Gasteiger partial charge on any atom is -0.348 e. The second kappa shape index (κ2) is 7.25. The maximum absolute atomic E-state index is 12.5. The first-order chi connectivity index (χ1) is 12.0. The summed E-state index contributed by atoms with van der Waals surface area (Å²) in [4.78, 5) is 24.8. The van der Waals surface area contributed by atoms with Crippen molar-refractivity contribution in [2.75, 3.05) is 0 Å². The summed E-state index contributed by atoms with van der Waals surface area (Å²) in [7, 11) is 0. The molecule has 0 saturated carbocycles. The molecule has 0 aliphatic carbocycles. The number of aromatic amines is 1. The van der Waals surface area contributed by atoms with Crippen LogP contribution in [-0.4, -0.2) is 36.5 Å². The van der Waals surface area contributed by atoms with E-state index < -0.39 is 0 Å². The Morgan fingerprint density at radius 1 is 1.44 bits per heavy atom. The molecule has 0 spiro atoms. The second-order valence-corrected chi connectivity index (χ2v) is 7.18. The van der Waals surface area contributed by atoms with Crippen molar-refractivity contribution in [2.45, 2.75) is 65.6 Å². The molecule has 0 radical (unpaired) electrons. The number of carbonyl (C=O) groups is 1. The molecule has 1 aliphatic heterocycles. The normalized spacial score (nSPS) is 17.4. The van der Waals surface area contributed by atoms with Crippen LogP contribution in [0.25, 0.3) is 0 Å². The molecule has 1 unspecified atom stereocenters. The number of fused-ring (bicyclic) bond motifs is 1. The fraction of sp³-hybridized carbons (Fsp3) is 0.647. The maximum Gasteiger partial charge on any atom is 0.345 e. The standard InChI is InChI=1S/C17H26N6O2/c1-11(2)6-9-23-17(25)22-8-7-13(4-5-14(22)21-23)19-16(24)15-12(3)10-18-20-15/h10-11,13H,4-9H2,1-3H3,(H,18,20)(H,19,24). The number of nitrogens with zero attached hydrogens (tertiary/aromatic N) is 4. The van der Waals surface area contributed by atoms with Crippen molar-refractivity contribution in [2.24, 2.45) is 5.92 Å². The third-order valence-electron chi connectivity index (χ3n) is 4.73. The van der Waals surface area contributed by atoms with Gasteiger partial charge in [-0.05, 0) is 37.7 Å². The average molecular weight is 346 g/mol. The molecule has 3 heterocycles. The van der Waals surface area contributed by atoms with E-state index in [0.29, 0.717) is 31.1 Å². The molecule has 8 nitrogen and oxygen atoms in total. The predicted molar refractivity (Wildman–Crippen MR) is 93.5 cm³/mol. The highest BCUT2D eigenvalue weighted by Crippen LogP contribution is 2.13. The first-order valence-electron chi connectivity index (χ1n) is 8.93. The maximum atomic E-state index is 12.5. The zero-order chi connectivity index (χ0) is 18.0. The van der Waals surface area contributed by atoms with Gasteiger partial charge in [-0.2, -0.15) is 10.2 Å². The molecule has 1 amide bonds. The third kappa shape index (κ3) is 3.83. The summed E-state index contributed by atoms with van der Waals surface area (Å²) in [5.41, 5.74) is 1.29. The highest BCUT2D eigenvalue weighted by Gasteiger charge is 2.23. The number of rotatable bonds is 5. The van der Waals surface area contributed by atoms with Crippen molar-refractivity contribution in [3.8, 4) is 0 Å². The van der Waals surface area contributed by atoms with Gasteiger partial charge < -0.3 is 5.32 Å². The summed E-state index contributed by atoms with van der Waals surface area (Å²) in [6.07, 6.45) is 4.77. The van der Waals surface area contributed by atoms with Crippen molar-refractivity contribution in [3.63, 3.8) is 0 Å². The summed E-state index contributed by atoms with van der Waals surface area (Å²) in [5, 5.41) is 14.2. The van der Waals surface area contributed by atoms with Crippen LogP contribution in [0.1, 0.15) is 55.0 Å². The zero-order valence-electron chi connectivity index (χ0n) is 15.1. The molecule has 3 rings (SSSR count). The molecule has 8 heteroatoms. The lowest BCUT2D eigenvalue weighted by Crippen LogP contribution is -2.36. The number of nitrogens with one attached hydrogen (secondary N) is 2. The summed E-state index contributed by atoms with van der Waals surface area (Å²) in [6.45, 7) is 7.38. The van der Waals surface area contributed by atoms with E-state index in [4.69, 9.17) is 0 Å². The molecule has 1 atom stereocenters. The first-order valence-corrected chi connectivity index (χ1v) is 8.93. The second-order valence-electron chi connectivity index (χ2n) is 7.18. The Hall–Kier alpha value is -2.38. The van der Waals surface area contributed by atoms with E-state index in [0.717, 1.165) is 30.7 Å². The largest absolute Gasteiger partial charge is 0.348 e. The van der Waals surface area contributed by atoms with Crippen LogP contribution < -0.4 is 11.0 Å². The van der Waals surface area contributed by atoms with Crippen LogP contribution in [-0.2, 0) is 19.5 Å². The fourth-order valence-corrected chi connectivity index (χ4v) is 3.13. The van der Waals surface area contributed by atoms with E-state index in [1.807, 2.05) is 6.92 Å². The monoisotopic (exact) mass is 346 g/mol. The summed E-state index contributed by atoms with van der Waals surface area (Å²) in [6, 6.07) is 0.0282. The number of amides is 1. The topological polar surface area (TPSA) is 97.6 Å². The van der Waals surface area contributed by atoms with Gasteiger partial charge in [0, 0.05) is 25.6 Å². The molecule has 25 heavy (non-hydrogen) atoms. The molecule has 2 aromatic rings. The Labute approximate surface area is 146 Å². The van der Waals surface area contributed by atoms with Crippen LogP contribution in [0.15, 0.2) is 11.0 Å². The Morgan fingerprint density at radius 2 is 2.24 bits per heavy atom. The van der Waals surface area contributed by atoms with E-state index in [2.05, 4.69) is 34.5 Å². The van der Waals surface area contributed by atoms with E-state index in [9.17, 15) is 9.59 Å². The lowest BCUT2D eigenvalue weighted by Gasteiger charge is -2.15. The Kier molecular flexibility index (Phi) is 5.06. The zero-order valence-corrected chi connectivity index (χ0v) is 15.1. The number of H-pyrrole nitrogens is 1. The van der Waals surface area contributed by atoms with Crippen LogP contribution >= 0.6 is 0 Å². The minimum absolute atomic E-state index is 0.0282. The minimum atomic E-state index is -0.145. The number of hydrogen-bond acceptors (Lipinski definition) is 4. The first kappa shape index (κ1) is 17.4. The fourth-order valence-electron chi connectivity index (χ4n) is 3.13. The van der Waals surface area contributed by atoms with Gasteiger partial charge in [0.25, 0.3) is 5.91 Å². The highest BCUT2D eigenvalue weighted by atomic mass is 16.2. The third-order valence-corrected chi connectivity index (χ3v) is 4.73. The molecular weight excluding hydrogens is 320 g/mol. The molecule has 0 bridgehead atoms. The van der Waals surface area contributed by atoms with Crippen LogP contribution in [0.2, 0.25) is 0 Å². The van der Waals surface area contributed by atoms with Gasteiger partial charge in [0.2, 0.25) is 0 Å². The van der Waals surface area contributed by atoms with Gasteiger partial charge in [0.15, 0.2) is 0 Å². The van der Waals surface area contributed by atoms with Crippen LogP contribution in [0, 0.1) is 12.8 Å². The molecule has 0 aromatic carbocycles. The van der Waals surface area contributed by atoms with Crippen molar-refractivity contribution >= 4 is 5.91 Å². The number of aromatic nitrogens is 5. The molecule has 2 aromatic heterocycles. The van der Waals surface area contributed by atoms with Crippen molar-refractivity contribution in [3.05, 3.63) is 33.8 Å². The van der Waals surface area contributed by atoms with Crippen LogP contribution in [0.5, 0.6) is 0 Å². The van der Waals surface area contributed by atoms with Gasteiger partial charge in [0.05, 0.1) is 6.20 Å². The molecule has 2 N–H and O–H groups in total. The smallest absolute Gasteiger partial charge is 0.345 e. The summed E-state index contributed by atoms with van der Waals surface area (Å²) >= 11 is 0. The molecule has 0 fully saturated rings. The predicted octanol–water partition coefficient (Wildman–Crippen LogP) is 1.26. The Balaban J connectivity index is 1.64. The van der Waals surface area contributed by atoms with Gasteiger partial charge in [0.1, 0.15) is 11.5 Å². The lowest BCUT2D eigenvalue weighted by molar-refractivity contribution is 0.0927. The van der Waals surface area contributed by atoms with Gasteiger partial charge in [-0.1, -0.05) is 13.8 Å². The van der Waals surface area contributed by atoms with Gasteiger partial charge in [-0.15, -0.1) is 0 Å². The van der Waals surface area contributed by atoms with Crippen molar-refractivity contribution < 1.29 is 4.79 Å². The van der Waals surface area contributed by atoms with E-state index in [-0.39, 0.29) is 17.6 Å². The van der Waals surface area contributed by atoms with E-state index in [1.54, 1.807) is 15.4 Å². The van der Waals surface area contributed by atoms with Gasteiger partial charge in [-0.25, -0.2) is 9.48 Å². The quantitative estimate of drug-likeness (QED) is 0.851. The van der Waals surface area contributed by atoms with Gasteiger partial charge >= 0.3 is 5.69 Å². The lowest BCUT2D eigenvalue weighted by atomic mass is 10.1. The summed E-state index contributed by atoms with van der Waals surface area (Å²) < 4.78 is 3.34. The van der Waals surface area contributed by atoms with Crippen molar-refractivity contribution in [1.29, 1.82) is 0 Å². The number of hydrogen-bond donors (Lipinski definition) is 2. The Bertz CT molecular complexity index is 800. The highest BCUT2D eigenvalue weighted by molar-refractivity contribution is 5.93. The van der Waals surface area contributed by atoms with Crippen LogP contribution in [0.3, 0.4) is 0 Å². The molecule has 0 saturated heterocycles. The van der Waals surface area contributed by atoms with E-state index >= 15 is 0 Å². The molecule has 1 aliphatic rings. The van der Waals surface area contributed by atoms with Crippen LogP contribution in [0.4, 0.5) is 0 Å². The van der Waals surface area contributed by atoms with E-state index in [1.165, 1.54) is 0 Å². The molecular formula is C17H26N6O2. The van der Waals surface area contributed by atoms with Gasteiger partial charge in [-0.3, -0.25) is 14.5 Å². The number of aryl methyl sites for hydroxylation is 3. The molecule has 136 valence electrons. The Morgan fingerprint density at radius 3 is 2.92 bits per heavy atom. The SMILES string of the molecule is Cc1cn[nH]c1C(=O)NC1CCc2nn(CCC(C)C)c(=O)n2CC1. The summed E-state index contributed by atoms with van der Waals surface area (Å²) in [5.74, 6) is 1.22.